The predicted molar refractivity (Wildman–Crippen MR) is 265 cm³/mol. The number of likely N-dealkylation sites (tertiary alicyclic amines) is 1. The van der Waals surface area contributed by atoms with Gasteiger partial charge in [0.2, 0.25) is 17.7 Å². The summed E-state index contributed by atoms with van der Waals surface area (Å²) in [6, 6.07) is 20.1. The van der Waals surface area contributed by atoms with Crippen LogP contribution in [0, 0.1) is 34.5 Å². The van der Waals surface area contributed by atoms with Gasteiger partial charge in [0.05, 0.1) is 38.8 Å². The number of β-amino-alcohol motifs (C(OH)–C–C–N with tert-alkyl or cyclic N) is 1. The quantitative estimate of drug-likeness (QED) is 0.0572. The van der Waals surface area contributed by atoms with E-state index in [-0.39, 0.29) is 60.4 Å². The number of hydrogen-bond donors (Lipinski definition) is 5. The van der Waals surface area contributed by atoms with E-state index in [2.05, 4.69) is 60.0 Å². The largest absolute Gasteiger partial charge is 0.489 e. The molecule has 16 heteroatoms. The number of nitrogens with zero attached hydrogens (tertiary/aromatic N) is 3. The summed E-state index contributed by atoms with van der Waals surface area (Å²) in [6.07, 6.45) is 1.46. The Morgan fingerprint density at radius 3 is 2.29 bits per heavy atom. The number of unbranched alkanes of at least 4 members (excludes halogenated alkanes) is 2. The summed E-state index contributed by atoms with van der Waals surface area (Å²) < 4.78 is 12.1. The number of rotatable bonds is 19. The molecule has 3 aromatic carbocycles. The average Bonchev–Trinajstić information content (AvgIpc) is 3.91. The van der Waals surface area contributed by atoms with Gasteiger partial charge in [-0.1, -0.05) is 84.3 Å². The number of thiazole rings is 1. The number of carbonyl (C=O) groups is 4. The molecule has 0 radical (unpaired) electrons. The molecule has 4 atom stereocenters. The van der Waals surface area contributed by atoms with Gasteiger partial charge in [0.1, 0.15) is 36.6 Å². The van der Waals surface area contributed by atoms with Gasteiger partial charge in [0.15, 0.2) is 0 Å². The average molecular weight is 969 g/mol. The number of benzene rings is 3. The highest BCUT2D eigenvalue weighted by molar-refractivity contribution is 7.13. The van der Waals surface area contributed by atoms with Crippen molar-refractivity contribution < 1.29 is 33.8 Å². The van der Waals surface area contributed by atoms with Crippen LogP contribution in [-0.2, 0) is 19.1 Å². The van der Waals surface area contributed by atoms with E-state index in [1.807, 2.05) is 76.5 Å². The lowest BCUT2D eigenvalue weighted by Gasteiger charge is -2.63. The van der Waals surface area contributed by atoms with Crippen LogP contribution < -0.4 is 26.0 Å². The standard InChI is InChI=1S/C52H66ClN7O7S/c1-31(33-13-15-34(16-14-33)43-32(2)56-30-68-43)57-46(64)41-25-38(61)28-60(41)47(65)44(50(3,4)5)58-42(62)29-66-24-12-10-11-23-55-37-20-17-35(18-21-37)45(63)59-48-51(6,7)49(52(48,8)9)67-39-22-19-36(27-54)40(53)26-39/h13-22,26,30-31,38,41,44,48-49,55,61H,10-12,23-25,28-29H2,1-9H3,(H,57,64)(H,58,62)(H,59,63)/t31-,38+,41?,44+,48-,49-/m1/s1. The second-order valence-electron chi connectivity index (χ2n) is 20.3. The van der Waals surface area contributed by atoms with Crippen molar-refractivity contribution in [3.63, 3.8) is 0 Å². The molecule has 1 saturated heterocycles. The summed E-state index contributed by atoms with van der Waals surface area (Å²) in [6.45, 7) is 18.5. The Bertz CT molecular complexity index is 2450. The minimum absolute atomic E-state index is 0.0135. The Morgan fingerprint density at radius 1 is 0.985 bits per heavy atom. The molecule has 1 aliphatic carbocycles. The molecule has 14 nitrogen and oxygen atoms in total. The minimum atomic E-state index is -0.952. The second-order valence-corrected chi connectivity index (χ2v) is 21.6. The van der Waals surface area contributed by atoms with E-state index in [4.69, 9.17) is 21.1 Å². The maximum Gasteiger partial charge on any atom is 0.251 e. The van der Waals surface area contributed by atoms with Crippen LogP contribution in [0.25, 0.3) is 10.4 Å². The number of amides is 4. The SMILES string of the molecule is Cc1ncsc1-c1ccc([C@@H](C)NC(=O)C2C[C@H](O)CN2C(=O)[C@H](NC(=O)COCCCCCNc2ccc(C(=O)N[C@H]3C(C)(C)[C@H](Oc4ccc(C#N)c(Cl)c4)C3(C)C)cc2)C(C)(C)C)cc1. The third-order valence-electron chi connectivity index (χ3n) is 13.2. The lowest BCUT2D eigenvalue weighted by Crippen LogP contribution is -2.74. The molecule has 1 unspecified atom stereocenters. The van der Waals surface area contributed by atoms with Gasteiger partial charge in [-0.2, -0.15) is 5.26 Å². The summed E-state index contributed by atoms with van der Waals surface area (Å²) in [5, 5.41) is 32.7. The van der Waals surface area contributed by atoms with Gasteiger partial charge < -0.3 is 40.7 Å². The first-order valence-electron chi connectivity index (χ1n) is 23.3. The van der Waals surface area contributed by atoms with Gasteiger partial charge in [-0.15, -0.1) is 11.3 Å². The van der Waals surface area contributed by atoms with Crippen molar-refractivity contribution in [3.05, 3.63) is 99.6 Å². The molecule has 364 valence electrons. The Labute approximate surface area is 409 Å². The van der Waals surface area contributed by atoms with Crippen LogP contribution in [-0.4, -0.2) is 95.3 Å². The van der Waals surface area contributed by atoms with Crippen molar-refractivity contribution in [2.24, 2.45) is 16.2 Å². The number of aliphatic hydroxyl groups is 1. The van der Waals surface area contributed by atoms with Crippen LogP contribution in [0.1, 0.15) is 114 Å². The van der Waals surface area contributed by atoms with E-state index >= 15 is 0 Å². The summed E-state index contributed by atoms with van der Waals surface area (Å²) in [7, 11) is 0. The molecule has 2 heterocycles. The molecule has 68 heavy (non-hydrogen) atoms. The van der Waals surface area contributed by atoms with Gasteiger partial charge in [0.25, 0.3) is 5.91 Å². The van der Waals surface area contributed by atoms with E-state index in [0.29, 0.717) is 35.1 Å². The second kappa shape index (κ2) is 21.8. The van der Waals surface area contributed by atoms with Crippen LogP contribution in [0.15, 0.2) is 72.2 Å². The number of hydrogen-bond acceptors (Lipinski definition) is 11. The zero-order valence-electron chi connectivity index (χ0n) is 40.6. The van der Waals surface area contributed by atoms with E-state index in [1.54, 1.807) is 41.7 Å². The Kier molecular flexibility index (Phi) is 16.6. The Morgan fingerprint density at radius 2 is 1.68 bits per heavy atom. The highest BCUT2D eigenvalue weighted by atomic mass is 35.5. The topological polar surface area (TPSA) is 195 Å². The third-order valence-corrected chi connectivity index (χ3v) is 14.5. The number of ether oxygens (including phenoxy) is 2. The summed E-state index contributed by atoms with van der Waals surface area (Å²) >= 11 is 7.81. The van der Waals surface area contributed by atoms with Crippen LogP contribution in [0.5, 0.6) is 5.75 Å². The van der Waals surface area contributed by atoms with Gasteiger partial charge in [-0.25, -0.2) is 4.98 Å². The Hall–Kier alpha value is -5.53. The number of anilines is 1. The lowest BCUT2D eigenvalue weighted by atomic mass is 9.49. The molecular formula is C52H66ClN7O7S. The molecule has 4 aromatic rings. The zero-order valence-corrected chi connectivity index (χ0v) is 42.1. The van der Waals surface area contributed by atoms with Gasteiger partial charge >= 0.3 is 0 Å². The first kappa shape index (κ1) is 51.9. The molecule has 5 N–H and O–H groups in total. The van der Waals surface area contributed by atoms with E-state index in [9.17, 15) is 29.5 Å². The monoisotopic (exact) mass is 967 g/mol. The molecule has 0 spiro atoms. The summed E-state index contributed by atoms with van der Waals surface area (Å²) in [5.74, 6) is -0.820. The zero-order chi connectivity index (χ0) is 49.6. The molecule has 0 bridgehead atoms. The molecule has 6 rings (SSSR count). The maximum atomic E-state index is 14.1. The lowest BCUT2D eigenvalue weighted by molar-refractivity contribution is -0.164. The number of halogens is 1. The number of aromatic nitrogens is 1. The normalized spacial score (nSPS) is 20.3. The number of nitriles is 1. The first-order chi connectivity index (χ1) is 32.1. The molecule has 1 aliphatic heterocycles. The molecule has 1 saturated carbocycles. The van der Waals surface area contributed by atoms with E-state index in [0.717, 1.165) is 46.6 Å². The summed E-state index contributed by atoms with van der Waals surface area (Å²) in [5.41, 5.74) is 5.11. The van der Waals surface area contributed by atoms with E-state index < -0.39 is 35.4 Å². The van der Waals surface area contributed by atoms with Crippen LogP contribution >= 0.6 is 22.9 Å². The van der Waals surface area contributed by atoms with Gasteiger partial charge in [-0.3, -0.25) is 19.2 Å². The predicted octanol–water partition coefficient (Wildman–Crippen LogP) is 8.22. The summed E-state index contributed by atoms with van der Waals surface area (Å²) in [4.78, 5) is 61.0. The minimum Gasteiger partial charge on any atom is -0.489 e. The fourth-order valence-corrected chi connectivity index (χ4v) is 10.7. The molecule has 1 aromatic heterocycles. The number of aliphatic hydroxyl groups excluding tert-OH is 1. The van der Waals surface area contributed by atoms with E-state index in [1.165, 1.54) is 4.90 Å². The smallest absolute Gasteiger partial charge is 0.251 e. The fourth-order valence-electron chi connectivity index (χ4n) is 9.67. The first-order valence-corrected chi connectivity index (χ1v) is 24.5. The Balaban J connectivity index is 0.887. The fraction of sp³-hybridized carbons (Fsp3) is 0.500. The van der Waals surface area contributed by atoms with Gasteiger partial charge in [0, 0.05) is 60.3 Å². The maximum absolute atomic E-state index is 14.1. The molecular weight excluding hydrogens is 902 g/mol. The van der Waals surface area contributed by atoms with Crippen molar-refractivity contribution in [1.29, 1.82) is 5.26 Å². The van der Waals surface area contributed by atoms with Crippen molar-refractivity contribution >= 4 is 52.3 Å². The molecule has 2 aliphatic rings. The van der Waals surface area contributed by atoms with Gasteiger partial charge in [-0.05, 0) is 86.1 Å². The molecule has 2 fully saturated rings. The third kappa shape index (κ3) is 12.2. The van der Waals surface area contributed by atoms with Crippen molar-refractivity contribution in [2.75, 3.05) is 31.6 Å². The van der Waals surface area contributed by atoms with Crippen molar-refractivity contribution in [2.45, 2.75) is 124 Å². The van der Waals surface area contributed by atoms with Crippen LogP contribution in [0.2, 0.25) is 5.02 Å². The van der Waals surface area contributed by atoms with Crippen molar-refractivity contribution in [3.8, 4) is 22.3 Å². The number of aryl methyl sites for hydroxylation is 1. The highest BCUT2D eigenvalue weighted by Crippen LogP contribution is 2.55. The highest BCUT2D eigenvalue weighted by Gasteiger charge is 2.64. The van der Waals surface area contributed by atoms with Crippen LogP contribution in [0.3, 0.4) is 0 Å². The molecule has 4 amide bonds. The van der Waals surface area contributed by atoms with Crippen molar-refractivity contribution in [1.82, 2.24) is 25.8 Å². The number of nitrogens with one attached hydrogen (secondary N) is 4. The number of carbonyl (C=O) groups excluding carboxylic acids is 4. The van der Waals surface area contributed by atoms with Crippen LogP contribution in [0.4, 0.5) is 5.69 Å².